The number of aromatic nitrogens is 1. The predicted octanol–water partition coefficient (Wildman–Crippen LogP) is 4.33. The van der Waals surface area contributed by atoms with E-state index in [-0.39, 0.29) is 17.0 Å². The molecule has 5 rings (SSSR count). The number of para-hydroxylation sites is 1. The van der Waals surface area contributed by atoms with Crippen molar-refractivity contribution in [2.75, 3.05) is 0 Å². The van der Waals surface area contributed by atoms with Gasteiger partial charge >= 0.3 is 0 Å². The van der Waals surface area contributed by atoms with Crippen LogP contribution < -0.4 is 20.8 Å². The van der Waals surface area contributed by atoms with E-state index >= 15 is 0 Å². The number of benzene rings is 3. The van der Waals surface area contributed by atoms with Crippen LogP contribution in [0, 0.1) is 11.3 Å². The molecule has 6 heteroatoms. The van der Waals surface area contributed by atoms with Gasteiger partial charge in [0.25, 0.3) is 5.56 Å². The van der Waals surface area contributed by atoms with Crippen LogP contribution in [0.4, 0.5) is 0 Å². The second-order valence-corrected chi connectivity index (χ2v) is 7.51. The Hall–Kier alpha value is -4.50. The molecule has 3 N–H and O–H groups in total. The van der Waals surface area contributed by atoms with E-state index < -0.39 is 5.92 Å². The Labute approximate surface area is 184 Å². The fourth-order valence-corrected chi connectivity index (χ4v) is 4.00. The molecule has 3 aromatic carbocycles. The Morgan fingerprint density at radius 2 is 1.72 bits per heavy atom. The summed E-state index contributed by atoms with van der Waals surface area (Å²) in [5, 5.41) is 10.5. The van der Waals surface area contributed by atoms with Crippen LogP contribution in [0.5, 0.6) is 11.5 Å². The van der Waals surface area contributed by atoms with Gasteiger partial charge in [-0.1, -0.05) is 54.6 Å². The molecule has 1 aliphatic rings. The summed E-state index contributed by atoms with van der Waals surface area (Å²) >= 11 is 0. The average molecular weight is 421 g/mol. The maximum atomic E-state index is 13.0. The molecule has 2 heterocycles. The Balaban J connectivity index is 1.55. The molecule has 4 aromatic rings. The minimum atomic E-state index is -0.639. The zero-order valence-corrected chi connectivity index (χ0v) is 17.0. The number of nitrogens with one attached hydrogen (secondary N) is 1. The van der Waals surface area contributed by atoms with Crippen LogP contribution in [0.2, 0.25) is 0 Å². The number of hydrogen-bond acceptors (Lipinski definition) is 5. The van der Waals surface area contributed by atoms with Gasteiger partial charge in [-0.05, 0) is 35.4 Å². The van der Waals surface area contributed by atoms with E-state index in [1.807, 2.05) is 72.8 Å². The highest BCUT2D eigenvalue weighted by Crippen LogP contribution is 2.43. The highest BCUT2D eigenvalue weighted by Gasteiger charge is 2.34. The lowest BCUT2D eigenvalue weighted by molar-refractivity contribution is 0.306. The third-order valence-corrected chi connectivity index (χ3v) is 5.55. The third kappa shape index (κ3) is 3.36. The maximum Gasteiger partial charge on any atom is 0.256 e. The van der Waals surface area contributed by atoms with Crippen molar-refractivity contribution in [2.24, 2.45) is 5.73 Å². The van der Waals surface area contributed by atoms with E-state index in [0.717, 1.165) is 16.5 Å². The van der Waals surface area contributed by atoms with E-state index in [4.69, 9.17) is 15.2 Å². The first-order valence-corrected chi connectivity index (χ1v) is 10.1. The molecule has 0 fully saturated rings. The molecule has 32 heavy (non-hydrogen) atoms. The molecule has 1 aliphatic heterocycles. The molecule has 0 spiro atoms. The van der Waals surface area contributed by atoms with E-state index in [9.17, 15) is 10.1 Å². The molecule has 0 amide bonds. The molecule has 0 bridgehead atoms. The summed E-state index contributed by atoms with van der Waals surface area (Å²) < 4.78 is 11.6. The summed E-state index contributed by atoms with van der Waals surface area (Å²) in [5.41, 5.74) is 8.84. The molecule has 0 saturated heterocycles. The van der Waals surface area contributed by atoms with Crippen LogP contribution in [-0.4, -0.2) is 4.98 Å². The highest BCUT2D eigenvalue weighted by atomic mass is 16.5. The fraction of sp³-hybridized carbons (Fsp3) is 0.0769. The van der Waals surface area contributed by atoms with Gasteiger partial charge in [-0.25, -0.2) is 0 Å². The van der Waals surface area contributed by atoms with Crippen LogP contribution in [0.25, 0.3) is 10.9 Å². The van der Waals surface area contributed by atoms with Crippen molar-refractivity contribution in [1.82, 2.24) is 4.98 Å². The van der Waals surface area contributed by atoms with E-state index in [0.29, 0.717) is 29.2 Å². The first kappa shape index (κ1) is 19.5. The number of pyridine rings is 1. The minimum absolute atomic E-state index is 0.00478. The van der Waals surface area contributed by atoms with Crippen molar-refractivity contribution in [2.45, 2.75) is 12.5 Å². The van der Waals surface area contributed by atoms with Crippen molar-refractivity contribution in [3.8, 4) is 17.6 Å². The summed E-state index contributed by atoms with van der Waals surface area (Å²) in [5.74, 6) is 0.438. The van der Waals surface area contributed by atoms with Gasteiger partial charge < -0.3 is 20.2 Å². The number of aromatic amines is 1. The number of rotatable bonds is 4. The fourth-order valence-electron chi connectivity index (χ4n) is 4.00. The topological polar surface area (TPSA) is 101 Å². The second-order valence-electron chi connectivity index (χ2n) is 7.51. The monoisotopic (exact) mass is 421 g/mol. The molecule has 0 saturated carbocycles. The SMILES string of the molecule is N#CC1=C(N)Oc2c(c(=O)[nH]c3ccccc23)C1c1ccc(OCc2ccccc2)cc1. The number of hydrogen-bond donors (Lipinski definition) is 2. The molecule has 1 atom stereocenters. The molecule has 0 aliphatic carbocycles. The van der Waals surface area contributed by atoms with Gasteiger partial charge in [-0.2, -0.15) is 5.26 Å². The second kappa shape index (κ2) is 7.97. The summed E-state index contributed by atoms with van der Waals surface area (Å²) in [4.78, 5) is 15.9. The first-order chi connectivity index (χ1) is 15.7. The van der Waals surface area contributed by atoms with Crippen LogP contribution in [0.15, 0.2) is 95.1 Å². The number of allylic oxidation sites excluding steroid dienone is 1. The normalized spacial score (nSPS) is 15.0. The molecular weight excluding hydrogens is 402 g/mol. The minimum Gasteiger partial charge on any atom is -0.489 e. The van der Waals surface area contributed by atoms with Gasteiger partial charge in [0, 0.05) is 5.39 Å². The van der Waals surface area contributed by atoms with Crippen LogP contribution in [0.3, 0.4) is 0 Å². The van der Waals surface area contributed by atoms with Gasteiger partial charge in [0.2, 0.25) is 5.88 Å². The van der Waals surface area contributed by atoms with Crippen molar-refractivity contribution < 1.29 is 9.47 Å². The molecule has 0 radical (unpaired) electrons. The van der Waals surface area contributed by atoms with Crippen LogP contribution in [-0.2, 0) is 6.61 Å². The highest BCUT2D eigenvalue weighted by molar-refractivity contribution is 5.87. The Morgan fingerprint density at radius 3 is 2.47 bits per heavy atom. The van der Waals surface area contributed by atoms with Gasteiger partial charge in [0.05, 0.1) is 17.0 Å². The molecule has 1 unspecified atom stereocenters. The molecular formula is C26H19N3O3. The number of nitriles is 1. The molecule has 156 valence electrons. The number of nitrogens with zero attached hydrogens (tertiary/aromatic N) is 1. The molecule has 6 nitrogen and oxygen atoms in total. The summed E-state index contributed by atoms with van der Waals surface area (Å²) in [6, 6.07) is 26.7. The lowest BCUT2D eigenvalue weighted by Crippen LogP contribution is -2.27. The van der Waals surface area contributed by atoms with Crippen LogP contribution >= 0.6 is 0 Å². The quantitative estimate of drug-likeness (QED) is 0.511. The number of nitrogens with two attached hydrogens (primary N) is 1. The van der Waals surface area contributed by atoms with Gasteiger partial charge in [-0.15, -0.1) is 0 Å². The number of H-pyrrole nitrogens is 1. The van der Waals surface area contributed by atoms with E-state index in [2.05, 4.69) is 11.1 Å². The van der Waals surface area contributed by atoms with Gasteiger partial charge in [0.15, 0.2) is 0 Å². The zero-order valence-electron chi connectivity index (χ0n) is 17.0. The van der Waals surface area contributed by atoms with Crippen molar-refractivity contribution >= 4 is 10.9 Å². The smallest absolute Gasteiger partial charge is 0.256 e. The van der Waals surface area contributed by atoms with Crippen molar-refractivity contribution in [3.05, 3.63) is 117 Å². The zero-order chi connectivity index (χ0) is 22.1. The Morgan fingerprint density at radius 1 is 1.00 bits per heavy atom. The van der Waals surface area contributed by atoms with E-state index in [1.165, 1.54) is 0 Å². The third-order valence-electron chi connectivity index (χ3n) is 5.55. The van der Waals surface area contributed by atoms with Crippen molar-refractivity contribution in [1.29, 1.82) is 5.26 Å². The number of fused-ring (bicyclic) bond motifs is 3. The lowest BCUT2D eigenvalue weighted by atomic mass is 9.83. The number of ether oxygens (including phenoxy) is 2. The molecule has 1 aromatic heterocycles. The first-order valence-electron chi connectivity index (χ1n) is 10.1. The largest absolute Gasteiger partial charge is 0.489 e. The van der Waals surface area contributed by atoms with Crippen LogP contribution in [0.1, 0.15) is 22.6 Å². The van der Waals surface area contributed by atoms with E-state index in [1.54, 1.807) is 6.07 Å². The van der Waals surface area contributed by atoms with Crippen molar-refractivity contribution in [3.63, 3.8) is 0 Å². The summed E-state index contributed by atoms with van der Waals surface area (Å²) in [6.45, 7) is 0.447. The standard InChI is InChI=1S/C26H19N3O3/c27-14-20-22(17-10-12-18(13-11-17)31-15-16-6-2-1-3-7-16)23-24(32-25(20)28)19-8-4-5-9-21(19)29-26(23)30/h1-13,22H,15,28H2,(H,29,30). The van der Waals surface area contributed by atoms with Gasteiger partial charge in [0.1, 0.15) is 29.7 Å². The Kier molecular flexibility index (Phi) is 4.85. The Bertz CT molecular complexity index is 1430. The summed E-state index contributed by atoms with van der Waals surface area (Å²) in [7, 11) is 0. The lowest BCUT2D eigenvalue weighted by Gasteiger charge is -2.26. The average Bonchev–Trinajstić information content (AvgIpc) is 2.83. The maximum absolute atomic E-state index is 13.0. The summed E-state index contributed by atoms with van der Waals surface area (Å²) in [6.07, 6.45) is 0. The predicted molar refractivity (Wildman–Crippen MR) is 121 cm³/mol. The van der Waals surface area contributed by atoms with Gasteiger partial charge in [-0.3, -0.25) is 4.79 Å².